The predicted molar refractivity (Wildman–Crippen MR) is 79.5 cm³/mol. The highest BCUT2D eigenvalue weighted by atomic mass is 32.2. The van der Waals surface area contributed by atoms with Gasteiger partial charge in [0.2, 0.25) is 0 Å². The predicted octanol–water partition coefficient (Wildman–Crippen LogP) is 4.43. The summed E-state index contributed by atoms with van der Waals surface area (Å²) in [5, 5.41) is 4.41. The van der Waals surface area contributed by atoms with Gasteiger partial charge in [-0.1, -0.05) is 30.3 Å². The van der Waals surface area contributed by atoms with E-state index < -0.39 is 0 Å². The molecule has 3 aromatic rings. The normalized spacial score (nSPS) is 13.6. The summed E-state index contributed by atoms with van der Waals surface area (Å²) in [5.41, 5.74) is 4.40. The van der Waals surface area contributed by atoms with E-state index in [9.17, 15) is 0 Å². The molecule has 0 amide bonds. The molecule has 3 heteroatoms. The van der Waals surface area contributed by atoms with Crippen molar-refractivity contribution in [3.8, 4) is 0 Å². The van der Waals surface area contributed by atoms with Gasteiger partial charge in [0.15, 0.2) is 0 Å². The fourth-order valence-electron chi connectivity index (χ4n) is 2.31. The van der Waals surface area contributed by atoms with E-state index in [4.69, 9.17) is 4.98 Å². The molecule has 86 valence electrons. The van der Waals surface area contributed by atoms with Crippen LogP contribution >= 0.6 is 11.9 Å². The van der Waals surface area contributed by atoms with Gasteiger partial charge in [-0.05, 0) is 35.6 Å². The Kier molecular flexibility index (Phi) is 2.08. The summed E-state index contributed by atoms with van der Waals surface area (Å²) in [4.78, 5) is 4.78. The van der Waals surface area contributed by atoms with Crippen molar-refractivity contribution in [2.75, 3.05) is 4.72 Å². The SMILES string of the molecule is C1=Cc2ccc3cc4ccccc4nc3c2NS1. The molecule has 1 aromatic heterocycles. The number of anilines is 1. The maximum Gasteiger partial charge on any atom is 0.0955 e. The van der Waals surface area contributed by atoms with Crippen molar-refractivity contribution >= 4 is 45.5 Å². The van der Waals surface area contributed by atoms with E-state index in [1.807, 2.05) is 12.1 Å². The van der Waals surface area contributed by atoms with Crippen LogP contribution in [0.4, 0.5) is 5.69 Å². The average Bonchev–Trinajstić information content (AvgIpc) is 2.45. The van der Waals surface area contributed by atoms with Crippen LogP contribution in [-0.4, -0.2) is 4.98 Å². The summed E-state index contributed by atoms with van der Waals surface area (Å²) < 4.78 is 3.34. The molecule has 0 unspecified atom stereocenters. The van der Waals surface area contributed by atoms with E-state index in [0.29, 0.717) is 0 Å². The summed E-state index contributed by atoms with van der Waals surface area (Å²) in [6.45, 7) is 0. The molecule has 0 saturated heterocycles. The van der Waals surface area contributed by atoms with Gasteiger partial charge >= 0.3 is 0 Å². The standard InChI is InChI=1S/C15H10N2S/c1-2-4-13-11(3-1)9-12-6-5-10-7-8-18-17-15(10)14(12)16-13/h1-9,17H. The number of aromatic nitrogens is 1. The zero-order valence-electron chi connectivity index (χ0n) is 9.55. The largest absolute Gasteiger partial charge is 0.324 e. The molecule has 0 atom stereocenters. The molecule has 2 aromatic carbocycles. The summed E-state index contributed by atoms with van der Waals surface area (Å²) in [5.74, 6) is 0. The summed E-state index contributed by atoms with van der Waals surface area (Å²) in [6, 6.07) is 14.7. The lowest BCUT2D eigenvalue weighted by Crippen LogP contribution is -1.96. The number of pyridine rings is 1. The number of hydrogen-bond acceptors (Lipinski definition) is 3. The minimum atomic E-state index is 1.04. The Labute approximate surface area is 109 Å². The molecule has 2 nitrogen and oxygen atoms in total. The third-order valence-electron chi connectivity index (χ3n) is 3.20. The van der Waals surface area contributed by atoms with Crippen LogP contribution in [-0.2, 0) is 0 Å². The number of nitrogens with zero attached hydrogens (tertiary/aromatic N) is 1. The van der Waals surface area contributed by atoms with Gasteiger partial charge in [-0.15, -0.1) is 0 Å². The van der Waals surface area contributed by atoms with Crippen molar-refractivity contribution in [1.29, 1.82) is 0 Å². The van der Waals surface area contributed by atoms with Crippen molar-refractivity contribution in [2.45, 2.75) is 0 Å². The first kappa shape index (κ1) is 9.97. The number of benzene rings is 2. The third kappa shape index (κ3) is 1.41. The van der Waals surface area contributed by atoms with Crippen LogP contribution in [0.15, 0.2) is 47.9 Å². The quantitative estimate of drug-likeness (QED) is 0.472. The van der Waals surface area contributed by atoms with Crippen LogP contribution in [0.2, 0.25) is 0 Å². The van der Waals surface area contributed by atoms with Crippen molar-refractivity contribution in [3.05, 3.63) is 53.4 Å². The smallest absolute Gasteiger partial charge is 0.0955 e. The van der Waals surface area contributed by atoms with Crippen molar-refractivity contribution < 1.29 is 0 Å². The minimum absolute atomic E-state index is 1.04. The Morgan fingerprint density at radius 1 is 1.00 bits per heavy atom. The van der Waals surface area contributed by atoms with Crippen LogP contribution in [0.3, 0.4) is 0 Å². The lowest BCUT2D eigenvalue weighted by atomic mass is 10.1. The van der Waals surface area contributed by atoms with Gasteiger partial charge in [0, 0.05) is 16.3 Å². The van der Waals surface area contributed by atoms with Crippen molar-refractivity contribution in [2.24, 2.45) is 0 Å². The first-order chi connectivity index (χ1) is 8.92. The summed E-state index contributed by atoms with van der Waals surface area (Å²) in [7, 11) is 0. The Bertz CT molecular complexity index is 793. The maximum absolute atomic E-state index is 4.78. The lowest BCUT2D eigenvalue weighted by molar-refractivity contribution is 1.49. The number of nitrogens with one attached hydrogen (secondary N) is 1. The van der Waals surface area contributed by atoms with E-state index in [1.54, 1.807) is 11.9 Å². The molecular weight excluding hydrogens is 240 g/mol. The highest BCUT2D eigenvalue weighted by molar-refractivity contribution is 8.03. The van der Waals surface area contributed by atoms with Gasteiger partial charge in [0.1, 0.15) is 0 Å². The summed E-state index contributed by atoms with van der Waals surface area (Å²) in [6.07, 6.45) is 2.12. The lowest BCUT2D eigenvalue weighted by Gasteiger charge is -2.14. The molecule has 0 bridgehead atoms. The van der Waals surface area contributed by atoms with Crippen LogP contribution in [0.25, 0.3) is 27.9 Å². The maximum atomic E-state index is 4.78. The highest BCUT2D eigenvalue weighted by Crippen LogP contribution is 2.34. The van der Waals surface area contributed by atoms with E-state index in [0.717, 1.165) is 16.7 Å². The Morgan fingerprint density at radius 2 is 1.94 bits per heavy atom. The van der Waals surface area contributed by atoms with E-state index in [1.165, 1.54) is 16.3 Å². The zero-order chi connectivity index (χ0) is 11.9. The van der Waals surface area contributed by atoms with E-state index in [-0.39, 0.29) is 0 Å². The van der Waals surface area contributed by atoms with Crippen LogP contribution in [0.1, 0.15) is 5.56 Å². The van der Waals surface area contributed by atoms with Gasteiger partial charge in [-0.25, -0.2) is 4.98 Å². The van der Waals surface area contributed by atoms with Crippen molar-refractivity contribution in [1.82, 2.24) is 4.98 Å². The number of rotatable bonds is 0. The Hall–Kier alpha value is -2.00. The molecule has 0 saturated carbocycles. The minimum Gasteiger partial charge on any atom is -0.324 e. The van der Waals surface area contributed by atoms with Gasteiger partial charge in [0.25, 0.3) is 0 Å². The molecule has 2 heterocycles. The molecule has 0 radical (unpaired) electrons. The molecule has 4 rings (SSSR count). The Morgan fingerprint density at radius 3 is 2.94 bits per heavy atom. The third-order valence-corrected chi connectivity index (χ3v) is 3.79. The van der Waals surface area contributed by atoms with Crippen molar-refractivity contribution in [3.63, 3.8) is 0 Å². The van der Waals surface area contributed by atoms with E-state index in [2.05, 4.69) is 46.5 Å². The second kappa shape index (κ2) is 3.75. The number of hydrogen-bond donors (Lipinski definition) is 1. The average molecular weight is 250 g/mol. The Balaban J connectivity index is 2.15. The van der Waals surface area contributed by atoms with Gasteiger partial charge in [-0.3, -0.25) is 0 Å². The van der Waals surface area contributed by atoms with Crippen LogP contribution in [0, 0.1) is 0 Å². The molecule has 0 aliphatic carbocycles. The second-order valence-electron chi connectivity index (χ2n) is 4.31. The molecular formula is C15H10N2S. The molecule has 1 N–H and O–H groups in total. The van der Waals surface area contributed by atoms with Gasteiger partial charge in [0.05, 0.1) is 16.7 Å². The molecule has 0 fully saturated rings. The molecule has 1 aliphatic rings. The fraction of sp³-hybridized carbons (Fsp3) is 0. The first-order valence-corrected chi connectivity index (χ1v) is 6.70. The number of fused-ring (bicyclic) bond motifs is 4. The number of para-hydroxylation sites is 1. The van der Waals surface area contributed by atoms with Gasteiger partial charge in [-0.2, -0.15) is 0 Å². The van der Waals surface area contributed by atoms with Gasteiger partial charge < -0.3 is 4.72 Å². The molecule has 1 aliphatic heterocycles. The monoisotopic (exact) mass is 250 g/mol. The molecule has 18 heavy (non-hydrogen) atoms. The van der Waals surface area contributed by atoms with Crippen LogP contribution < -0.4 is 4.72 Å². The summed E-state index contributed by atoms with van der Waals surface area (Å²) >= 11 is 1.59. The highest BCUT2D eigenvalue weighted by Gasteiger charge is 2.10. The topological polar surface area (TPSA) is 24.9 Å². The first-order valence-electron chi connectivity index (χ1n) is 5.82. The van der Waals surface area contributed by atoms with E-state index >= 15 is 0 Å². The second-order valence-corrected chi connectivity index (χ2v) is 5.02. The fourth-order valence-corrected chi connectivity index (χ4v) is 2.92. The van der Waals surface area contributed by atoms with Crippen LogP contribution in [0.5, 0.6) is 0 Å². The molecule has 0 spiro atoms. The zero-order valence-corrected chi connectivity index (χ0v) is 10.4.